The highest BCUT2D eigenvalue weighted by Gasteiger charge is 2.24. The van der Waals surface area contributed by atoms with Crippen LogP contribution in [0.15, 0.2) is 48.8 Å². The van der Waals surface area contributed by atoms with Crippen LogP contribution in [-0.2, 0) is 9.53 Å². The first-order valence-corrected chi connectivity index (χ1v) is 7.44. The molecular weight excluding hydrogens is 330 g/mol. The van der Waals surface area contributed by atoms with Crippen molar-refractivity contribution in [3.8, 4) is 11.1 Å². The van der Waals surface area contributed by atoms with E-state index in [0.717, 1.165) is 5.56 Å². The van der Waals surface area contributed by atoms with E-state index in [2.05, 4.69) is 15.3 Å². The first-order valence-electron chi connectivity index (χ1n) is 7.06. The van der Waals surface area contributed by atoms with Gasteiger partial charge in [0.2, 0.25) is 0 Å². The number of methoxy groups -OCH3 is 1. The molecule has 0 saturated heterocycles. The molecule has 0 radical (unpaired) electrons. The molecular formula is C16H14ClN5O2. The van der Waals surface area contributed by atoms with Gasteiger partial charge in [-0.05, 0) is 11.6 Å². The molecule has 1 atom stereocenters. The van der Waals surface area contributed by atoms with Crippen LogP contribution in [0.1, 0.15) is 11.6 Å². The SMILES string of the molecule is COC(=O)C(c1ccccc1)n1cc(-c2cc(Cl)nnc2N)cn1. The molecule has 1 aromatic carbocycles. The Kier molecular flexibility index (Phi) is 4.43. The minimum atomic E-state index is -0.698. The molecule has 0 aliphatic rings. The van der Waals surface area contributed by atoms with Crippen LogP contribution < -0.4 is 5.73 Å². The lowest BCUT2D eigenvalue weighted by Crippen LogP contribution is -2.22. The molecule has 3 aromatic rings. The van der Waals surface area contributed by atoms with Crippen LogP contribution in [-0.4, -0.2) is 33.1 Å². The van der Waals surface area contributed by atoms with Gasteiger partial charge < -0.3 is 10.5 Å². The summed E-state index contributed by atoms with van der Waals surface area (Å²) >= 11 is 5.87. The number of nitrogens with zero attached hydrogens (tertiary/aromatic N) is 4. The smallest absolute Gasteiger partial charge is 0.335 e. The minimum Gasteiger partial charge on any atom is -0.467 e. The van der Waals surface area contributed by atoms with Gasteiger partial charge in [-0.2, -0.15) is 5.10 Å². The second-order valence-electron chi connectivity index (χ2n) is 5.01. The maximum atomic E-state index is 12.2. The van der Waals surface area contributed by atoms with Crippen LogP contribution >= 0.6 is 11.6 Å². The minimum absolute atomic E-state index is 0.222. The molecule has 8 heteroatoms. The van der Waals surface area contributed by atoms with E-state index in [1.165, 1.54) is 11.8 Å². The fourth-order valence-corrected chi connectivity index (χ4v) is 2.52. The number of benzene rings is 1. The normalized spacial score (nSPS) is 11.9. The monoisotopic (exact) mass is 343 g/mol. The number of anilines is 1. The van der Waals surface area contributed by atoms with Gasteiger partial charge in [-0.25, -0.2) is 4.79 Å². The van der Waals surface area contributed by atoms with Gasteiger partial charge in [0.1, 0.15) is 0 Å². The average Bonchev–Trinajstić information content (AvgIpc) is 3.07. The molecule has 122 valence electrons. The fourth-order valence-electron chi connectivity index (χ4n) is 2.37. The van der Waals surface area contributed by atoms with Crippen LogP contribution in [0.5, 0.6) is 0 Å². The molecule has 3 rings (SSSR count). The zero-order chi connectivity index (χ0) is 17.1. The molecule has 2 N–H and O–H groups in total. The Labute approximate surface area is 143 Å². The Morgan fingerprint density at radius 2 is 2.04 bits per heavy atom. The van der Waals surface area contributed by atoms with Gasteiger partial charge in [-0.15, -0.1) is 10.2 Å². The van der Waals surface area contributed by atoms with Crippen LogP contribution in [0, 0.1) is 0 Å². The highest BCUT2D eigenvalue weighted by molar-refractivity contribution is 6.29. The van der Waals surface area contributed by atoms with Crippen molar-refractivity contribution in [2.24, 2.45) is 0 Å². The van der Waals surface area contributed by atoms with E-state index >= 15 is 0 Å². The van der Waals surface area contributed by atoms with Crippen molar-refractivity contribution in [2.75, 3.05) is 12.8 Å². The Morgan fingerprint density at radius 1 is 1.29 bits per heavy atom. The summed E-state index contributed by atoms with van der Waals surface area (Å²) in [5, 5.41) is 12.0. The van der Waals surface area contributed by atoms with Crippen LogP contribution in [0.25, 0.3) is 11.1 Å². The summed E-state index contributed by atoms with van der Waals surface area (Å²) in [6, 6.07) is 10.1. The molecule has 24 heavy (non-hydrogen) atoms. The third kappa shape index (κ3) is 3.07. The summed E-state index contributed by atoms with van der Waals surface area (Å²) in [5.41, 5.74) is 7.88. The first kappa shape index (κ1) is 15.9. The maximum Gasteiger partial charge on any atom is 0.335 e. The number of aromatic nitrogens is 4. The van der Waals surface area contributed by atoms with E-state index in [1.807, 2.05) is 30.3 Å². The van der Waals surface area contributed by atoms with Crippen molar-refractivity contribution in [2.45, 2.75) is 6.04 Å². The van der Waals surface area contributed by atoms with Gasteiger partial charge in [-0.1, -0.05) is 41.9 Å². The number of halogens is 1. The van der Waals surface area contributed by atoms with Crippen molar-refractivity contribution >= 4 is 23.4 Å². The van der Waals surface area contributed by atoms with Crippen molar-refractivity contribution in [3.05, 3.63) is 59.5 Å². The fraction of sp³-hybridized carbons (Fsp3) is 0.125. The summed E-state index contributed by atoms with van der Waals surface area (Å²) in [6.07, 6.45) is 3.28. The second kappa shape index (κ2) is 6.67. The largest absolute Gasteiger partial charge is 0.467 e. The molecule has 0 fully saturated rings. The molecule has 0 amide bonds. The highest BCUT2D eigenvalue weighted by Crippen LogP contribution is 2.27. The number of nitrogens with two attached hydrogens (primary N) is 1. The van der Waals surface area contributed by atoms with Gasteiger partial charge >= 0.3 is 5.97 Å². The number of carbonyl (C=O) groups is 1. The molecule has 0 bridgehead atoms. The van der Waals surface area contributed by atoms with E-state index < -0.39 is 12.0 Å². The number of hydrogen-bond donors (Lipinski definition) is 1. The number of carbonyl (C=O) groups excluding carboxylic acids is 1. The topological polar surface area (TPSA) is 95.9 Å². The van der Waals surface area contributed by atoms with Gasteiger partial charge in [0.15, 0.2) is 17.0 Å². The predicted molar refractivity (Wildman–Crippen MR) is 89.3 cm³/mol. The molecule has 0 aliphatic carbocycles. The molecule has 0 aliphatic heterocycles. The number of nitrogen functional groups attached to an aromatic ring is 1. The summed E-state index contributed by atoms with van der Waals surface area (Å²) in [5.74, 6) is -0.192. The highest BCUT2D eigenvalue weighted by atomic mass is 35.5. The zero-order valence-electron chi connectivity index (χ0n) is 12.8. The van der Waals surface area contributed by atoms with Gasteiger partial charge in [0.25, 0.3) is 0 Å². The van der Waals surface area contributed by atoms with Crippen LogP contribution in [0.4, 0.5) is 5.82 Å². The van der Waals surface area contributed by atoms with Crippen molar-refractivity contribution < 1.29 is 9.53 Å². The Morgan fingerprint density at radius 3 is 2.75 bits per heavy atom. The molecule has 2 heterocycles. The average molecular weight is 344 g/mol. The van der Waals surface area contributed by atoms with E-state index in [-0.39, 0.29) is 11.0 Å². The van der Waals surface area contributed by atoms with Crippen LogP contribution in [0.3, 0.4) is 0 Å². The van der Waals surface area contributed by atoms with Gasteiger partial charge in [0, 0.05) is 17.3 Å². The van der Waals surface area contributed by atoms with Gasteiger partial charge in [0.05, 0.1) is 13.3 Å². The third-order valence-electron chi connectivity index (χ3n) is 3.51. The third-order valence-corrected chi connectivity index (χ3v) is 3.69. The standard InChI is InChI=1S/C16H14ClN5O2/c1-24-16(23)14(10-5-3-2-4-6-10)22-9-11(8-19-22)12-7-13(17)20-21-15(12)18/h2-9,14H,1H3,(H2,18,21). The molecule has 7 nitrogen and oxygen atoms in total. The Bertz CT molecular complexity index is 866. The lowest BCUT2D eigenvalue weighted by atomic mass is 10.1. The number of esters is 1. The summed E-state index contributed by atoms with van der Waals surface area (Å²) in [4.78, 5) is 12.2. The maximum absolute atomic E-state index is 12.2. The first-order chi connectivity index (χ1) is 11.6. The molecule has 0 saturated carbocycles. The van der Waals surface area contributed by atoms with Crippen LogP contribution in [0.2, 0.25) is 5.15 Å². The van der Waals surface area contributed by atoms with E-state index in [0.29, 0.717) is 11.1 Å². The van der Waals surface area contributed by atoms with E-state index in [9.17, 15) is 4.79 Å². The van der Waals surface area contributed by atoms with E-state index in [4.69, 9.17) is 22.1 Å². The second-order valence-corrected chi connectivity index (χ2v) is 5.40. The van der Waals surface area contributed by atoms with Crippen molar-refractivity contribution in [1.29, 1.82) is 0 Å². The lowest BCUT2D eigenvalue weighted by molar-refractivity contribution is -0.143. The lowest BCUT2D eigenvalue weighted by Gasteiger charge is -2.15. The number of rotatable bonds is 4. The summed E-state index contributed by atoms with van der Waals surface area (Å²) in [6.45, 7) is 0. The summed E-state index contributed by atoms with van der Waals surface area (Å²) < 4.78 is 6.43. The zero-order valence-corrected chi connectivity index (χ0v) is 13.5. The van der Waals surface area contributed by atoms with Crippen molar-refractivity contribution in [3.63, 3.8) is 0 Å². The molecule has 0 spiro atoms. The quantitative estimate of drug-likeness (QED) is 0.730. The van der Waals surface area contributed by atoms with E-state index in [1.54, 1.807) is 18.5 Å². The Hall–Kier alpha value is -2.93. The summed E-state index contributed by atoms with van der Waals surface area (Å²) in [7, 11) is 1.34. The van der Waals surface area contributed by atoms with Crippen molar-refractivity contribution in [1.82, 2.24) is 20.0 Å². The number of hydrogen-bond acceptors (Lipinski definition) is 6. The van der Waals surface area contributed by atoms with Gasteiger partial charge in [-0.3, -0.25) is 4.68 Å². The molecule has 1 unspecified atom stereocenters. The predicted octanol–water partition coefficient (Wildman–Crippen LogP) is 2.34. The Balaban J connectivity index is 2.04. The number of ether oxygens (including phenoxy) is 1. The molecule has 2 aromatic heterocycles.